The van der Waals surface area contributed by atoms with Crippen molar-refractivity contribution < 1.29 is 19.1 Å². The van der Waals surface area contributed by atoms with Gasteiger partial charge in [-0.25, -0.2) is 9.78 Å². The minimum Gasteiger partial charge on any atom is -0.481 e. The van der Waals surface area contributed by atoms with Gasteiger partial charge in [-0.05, 0) is 18.1 Å². The number of ether oxygens (including phenoxy) is 2. The lowest BCUT2D eigenvalue weighted by Crippen LogP contribution is -2.44. The molecule has 0 unspecified atom stereocenters. The summed E-state index contributed by atoms with van der Waals surface area (Å²) in [5.41, 5.74) is 1.70. The molecule has 1 aromatic heterocycles. The molecule has 7 nitrogen and oxygen atoms in total. The van der Waals surface area contributed by atoms with Crippen molar-refractivity contribution in [2.75, 3.05) is 7.11 Å². The average Bonchev–Trinajstić information content (AvgIpc) is 2.65. The number of methoxy groups -OCH3 is 1. The van der Waals surface area contributed by atoms with Gasteiger partial charge in [0, 0.05) is 18.8 Å². The molecule has 0 saturated carbocycles. The van der Waals surface area contributed by atoms with E-state index in [9.17, 15) is 9.59 Å². The lowest BCUT2D eigenvalue weighted by atomic mass is 10.2. The minimum absolute atomic E-state index is 0.151. The maximum absolute atomic E-state index is 12.0. The van der Waals surface area contributed by atoms with Gasteiger partial charge in [0.05, 0.1) is 7.11 Å². The van der Waals surface area contributed by atoms with Crippen molar-refractivity contribution in [2.45, 2.75) is 26.1 Å². The van der Waals surface area contributed by atoms with Crippen LogP contribution >= 0.6 is 0 Å². The fraction of sp³-hybridized carbons (Fsp3) is 0.278. The first-order chi connectivity index (χ1) is 12.1. The van der Waals surface area contributed by atoms with Gasteiger partial charge in [-0.15, -0.1) is 0 Å². The SMILES string of the molecule is COc1ccc(CNC(=O)[C@H](C)NC(=O)OCc2ccccc2)cn1. The van der Waals surface area contributed by atoms with Crippen LogP contribution in [0.5, 0.6) is 5.88 Å². The normalized spacial score (nSPS) is 11.3. The molecule has 0 aliphatic carbocycles. The summed E-state index contributed by atoms with van der Waals surface area (Å²) < 4.78 is 10.1. The standard InChI is InChI=1S/C18H21N3O4/c1-13(21-18(23)25-12-14-6-4-3-5-7-14)17(22)20-11-15-8-9-16(24-2)19-10-15/h3-10,13H,11-12H2,1-2H3,(H,20,22)(H,21,23)/t13-/m0/s1. The maximum atomic E-state index is 12.0. The van der Waals surface area contributed by atoms with Crippen molar-refractivity contribution in [3.05, 3.63) is 59.8 Å². The second-order valence-corrected chi connectivity index (χ2v) is 5.35. The Balaban J connectivity index is 1.72. The minimum atomic E-state index is -0.713. The van der Waals surface area contributed by atoms with E-state index >= 15 is 0 Å². The second kappa shape index (κ2) is 9.27. The van der Waals surface area contributed by atoms with E-state index in [-0.39, 0.29) is 12.5 Å². The number of aromatic nitrogens is 1. The molecule has 0 aliphatic heterocycles. The van der Waals surface area contributed by atoms with Crippen LogP contribution in [-0.4, -0.2) is 30.1 Å². The molecule has 1 aromatic carbocycles. The van der Waals surface area contributed by atoms with E-state index in [1.54, 1.807) is 25.3 Å². The van der Waals surface area contributed by atoms with Crippen molar-refractivity contribution in [1.29, 1.82) is 0 Å². The van der Waals surface area contributed by atoms with Gasteiger partial charge in [-0.2, -0.15) is 0 Å². The molecule has 2 rings (SSSR count). The monoisotopic (exact) mass is 343 g/mol. The first kappa shape index (κ1) is 18.3. The molecular formula is C18H21N3O4. The molecule has 1 heterocycles. The Bertz CT molecular complexity index is 689. The van der Waals surface area contributed by atoms with E-state index in [0.717, 1.165) is 11.1 Å². The Morgan fingerprint density at radius 2 is 1.88 bits per heavy atom. The molecule has 0 fully saturated rings. The molecule has 132 valence electrons. The zero-order valence-electron chi connectivity index (χ0n) is 14.2. The summed E-state index contributed by atoms with van der Waals surface area (Å²) in [6, 6.07) is 12.1. The molecule has 25 heavy (non-hydrogen) atoms. The van der Waals surface area contributed by atoms with Crippen LogP contribution in [0.2, 0.25) is 0 Å². The lowest BCUT2D eigenvalue weighted by molar-refractivity contribution is -0.122. The van der Waals surface area contributed by atoms with E-state index in [1.807, 2.05) is 30.3 Å². The Morgan fingerprint density at radius 1 is 1.12 bits per heavy atom. The fourth-order valence-corrected chi connectivity index (χ4v) is 1.99. The van der Waals surface area contributed by atoms with Crippen molar-refractivity contribution in [1.82, 2.24) is 15.6 Å². The first-order valence-electron chi connectivity index (χ1n) is 7.82. The third-order valence-corrected chi connectivity index (χ3v) is 3.41. The first-order valence-corrected chi connectivity index (χ1v) is 7.82. The van der Waals surface area contributed by atoms with E-state index in [1.165, 1.54) is 7.11 Å². The number of nitrogens with one attached hydrogen (secondary N) is 2. The van der Waals surface area contributed by atoms with E-state index < -0.39 is 12.1 Å². The number of hydrogen-bond donors (Lipinski definition) is 2. The highest BCUT2D eigenvalue weighted by Gasteiger charge is 2.16. The van der Waals surface area contributed by atoms with Crippen molar-refractivity contribution in [3.8, 4) is 5.88 Å². The van der Waals surface area contributed by atoms with E-state index in [0.29, 0.717) is 12.4 Å². The van der Waals surface area contributed by atoms with Crippen molar-refractivity contribution >= 4 is 12.0 Å². The van der Waals surface area contributed by atoms with Gasteiger partial charge in [0.25, 0.3) is 0 Å². The molecule has 0 radical (unpaired) electrons. The zero-order valence-corrected chi connectivity index (χ0v) is 14.2. The predicted octanol–water partition coefficient (Wildman–Crippen LogP) is 2.02. The smallest absolute Gasteiger partial charge is 0.408 e. The highest BCUT2D eigenvalue weighted by molar-refractivity contribution is 5.85. The predicted molar refractivity (Wildman–Crippen MR) is 91.9 cm³/mol. The summed E-state index contributed by atoms with van der Waals surface area (Å²) in [6.45, 7) is 2.05. The molecule has 0 bridgehead atoms. The number of rotatable bonds is 7. The number of amides is 2. The van der Waals surface area contributed by atoms with Gasteiger partial charge in [-0.3, -0.25) is 4.79 Å². The Labute approximate surface area is 146 Å². The maximum Gasteiger partial charge on any atom is 0.408 e. The second-order valence-electron chi connectivity index (χ2n) is 5.35. The quantitative estimate of drug-likeness (QED) is 0.803. The highest BCUT2D eigenvalue weighted by atomic mass is 16.5. The van der Waals surface area contributed by atoms with Crippen LogP contribution < -0.4 is 15.4 Å². The summed E-state index contributed by atoms with van der Waals surface area (Å²) in [5.74, 6) is 0.193. The Hall–Kier alpha value is -3.09. The van der Waals surface area contributed by atoms with Crippen molar-refractivity contribution in [2.24, 2.45) is 0 Å². The molecule has 2 amide bonds. The van der Waals surface area contributed by atoms with Crippen LogP contribution in [0.25, 0.3) is 0 Å². The van der Waals surface area contributed by atoms with Gasteiger partial charge in [0.15, 0.2) is 0 Å². The van der Waals surface area contributed by atoms with E-state index in [4.69, 9.17) is 9.47 Å². The van der Waals surface area contributed by atoms with Gasteiger partial charge in [0.2, 0.25) is 11.8 Å². The largest absolute Gasteiger partial charge is 0.481 e. The molecule has 2 aromatic rings. The third-order valence-electron chi connectivity index (χ3n) is 3.41. The molecule has 7 heteroatoms. The number of hydrogen-bond acceptors (Lipinski definition) is 5. The zero-order chi connectivity index (χ0) is 18.1. The van der Waals surface area contributed by atoms with Crippen LogP contribution in [-0.2, 0) is 22.7 Å². The number of alkyl carbamates (subject to hydrolysis) is 1. The number of pyridine rings is 1. The number of carbonyl (C=O) groups excluding carboxylic acids is 2. The summed E-state index contributed by atoms with van der Waals surface area (Å²) in [4.78, 5) is 27.8. The topological polar surface area (TPSA) is 89.6 Å². The number of benzene rings is 1. The lowest BCUT2D eigenvalue weighted by Gasteiger charge is -2.14. The summed E-state index contributed by atoms with van der Waals surface area (Å²) in [7, 11) is 1.54. The highest BCUT2D eigenvalue weighted by Crippen LogP contribution is 2.06. The van der Waals surface area contributed by atoms with Gasteiger partial charge in [0.1, 0.15) is 12.6 Å². The molecule has 1 atom stereocenters. The van der Waals surface area contributed by atoms with Crippen LogP contribution in [0, 0.1) is 0 Å². The van der Waals surface area contributed by atoms with Gasteiger partial charge < -0.3 is 20.1 Å². The molecule has 0 spiro atoms. The van der Waals surface area contributed by atoms with Crippen LogP contribution in [0.1, 0.15) is 18.1 Å². The number of carbonyl (C=O) groups is 2. The van der Waals surface area contributed by atoms with Crippen LogP contribution in [0.15, 0.2) is 48.7 Å². The van der Waals surface area contributed by atoms with Gasteiger partial charge >= 0.3 is 6.09 Å². The Morgan fingerprint density at radius 3 is 2.52 bits per heavy atom. The molecule has 0 saturated heterocycles. The fourth-order valence-electron chi connectivity index (χ4n) is 1.99. The van der Waals surface area contributed by atoms with E-state index in [2.05, 4.69) is 15.6 Å². The van der Waals surface area contributed by atoms with Crippen molar-refractivity contribution in [3.63, 3.8) is 0 Å². The van der Waals surface area contributed by atoms with Crippen LogP contribution in [0.4, 0.5) is 4.79 Å². The summed E-state index contributed by atoms with van der Waals surface area (Å²) in [5, 5.41) is 5.22. The summed E-state index contributed by atoms with van der Waals surface area (Å²) in [6.07, 6.45) is 0.975. The summed E-state index contributed by atoms with van der Waals surface area (Å²) >= 11 is 0. The third kappa shape index (κ3) is 6.14. The van der Waals surface area contributed by atoms with Gasteiger partial charge in [-0.1, -0.05) is 36.4 Å². The molecular weight excluding hydrogens is 322 g/mol. The van der Waals surface area contributed by atoms with Crippen LogP contribution in [0.3, 0.4) is 0 Å². The average molecular weight is 343 g/mol. The molecule has 0 aliphatic rings. The Kier molecular flexibility index (Phi) is 6.76. The number of nitrogens with zero attached hydrogens (tertiary/aromatic N) is 1. The molecule has 2 N–H and O–H groups in total.